The normalized spacial score (nSPS) is 18.6. The average molecular weight is 534 g/mol. The fraction of sp³-hybridized carbons (Fsp3) is 0.115. The molecular formula is C26H20BrN3O3S. The maximum Gasteiger partial charge on any atom is 0.265 e. The minimum Gasteiger partial charge on any atom is -0.439 e. The Morgan fingerprint density at radius 3 is 2.53 bits per heavy atom. The number of hydrogen-bond acceptors (Lipinski definition) is 5. The van der Waals surface area contributed by atoms with Crippen molar-refractivity contribution in [3.8, 4) is 6.07 Å². The molecule has 0 saturated heterocycles. The third-order valence-corrected chi connectivity index (χ3v) is 8.36. The molecule has 2 aliphatic heterocycles. The summed E-state index contributed by atoms with van der Waals surface area (Å²) in [5, 5.41) is 9.93. The molecule has 3 aromatic carbocycles. The monoisotopic (exact) mass is 533 g/mol. The third-order valence-electron chi connectivity index (χ3n) is 5.99. The molecule has 1 atom stereocenters. The van der Waals surface area contributed by atoms with Crippen LogP contribution in [0.4, 0.5) is 5.69 Å². The standard InChI is InChI=1S/C26H20BrN3O3S/c1-16-9-11-17(12-10-16)15-30-22-8-3-2-7-20(22)24-25(34(30,31)32)23(21(14-28)26(29)33-24)18-5-4-6-19(27)13-18/h2-13,23H,15,29H2,1H3. The SMILES string of the molecule is Cc1ccc(CN2c3ccccc3C3=C(C(c4cccc(Br)c4)C(C#N)=C(N)O3)S2(=O)=O)cc1. The van der Waals surface area contributed by atoms with Crippen molar-refractivity contribution in [2.45, 2.75) is 19.4 Å². The summed E-state index contributed by atoms with van der Waals surface area (Å²) in [7, 11) is -4.09. The molecule has 8 heteroatoms. The second-order valence-electron chi connectivity index (χ2n) is 8.19. The van der Waals surface area contributed by atoms with Gasteiger partial charge in [-0.05, 0) is 42.3 Å². The van der Waals surface area contributed by atoms with Gasteiger partial charge in [-0.3, -0.25) is 4.31 Å². The highest BCUT2D eigenvalue weighted by atomic mass is 79.9. The van der Waals surface area contributed by atoms with Gasteiger partial charge in [0.2, 0.25) is 5.88 Å². The maximum absolute atomic E-state index is 14.2. The number of benzene rings is 3. The van der Waals surface area contributed by atoms with E-state index < -0.39 is 15.9 Å². The Hall–Kier alpha value is -3.54. The lowest BCUT2D eigenvalue weighted by Gasteiger charge is -2.38. The molecule has 0 amide bonds. The van der Waals surface area contributed by atoms with E-state index in [4.69, 9.17) is 10.5 Å². The lowest BCUT2D eigenvalue weighted by atomic mass is 9.88. The molecule has 0 saturated carbocycles. The van der Waals surface area contributed by atoms with Gasteiger partial charge in [0, 0.05) is 10.0 Å². The molecule has 0 aromatic heterocycles. The van der Waals surface area contributed by atoms with Crippen molar-refractivity contribution >= 4 is 37.4 Å². The third kappa shape index (κ3) is 3.58. The topological polar surface area (TPSA) is 96.4 Å². The molecule has 0 radical (unpaired) electrons. The zero-order chi connectivity index (χ0) is 24.0. The molecule has 34 heavy (non-hydrogen) atoms. The van der Waals surface area contributed by atoms with Crippen molar-refractivity contribution in [3.63, 3.8) is 0 Å². The molecule has 0 fully saturated rings. The number of nitrogens with two attached hydrogens (primary N) is 1. The first-order valence-corrected chi connectivity index (χ1v) is 12.8. The van der Waals surface area contributed by atoms with E-state index >= 15 is 0 Å². The van der Waals surface area contributed by atoms with E-state index in [0.29, 0.717) is 16.8 Å². The number of nitrogens with zero attached hydrogens (tertiary/aromatic N) is 2. The van der Waals surface area contributed by atoms with E-state index in [0.717, 1.165) is 15.6 Å². The Bertz CT molecular complexity index is 1520. The van der Waals surface area contributed by atoms with Crippen molar-refractivity contribution in [3.05, 3.63) is 116 Å². The zero-order valence-corrected chi connectivity index (χ0v) is 20.6. The van der Waals surface area contributed by atoms with Crippen LogP contribution >= 0.6 is 15.9 Å². The van der Waals surface area contributed by atoms with Crippen LogP contribution in [0.5, 0.6) is 0 Å². The van der Waals surface area contributed by atoms with Gasteiger partial charge in [-0.1, -0.05) is 70.0 Å². The summed E-state index contributed by atoms with van der Waals surface area (Å²) < 4.78 is 36.4. The number of rotatable bonds is 3. The number of aryl methyl sites for hydroxylation is 1. The fourth-order valence-corrected chi connectivity index (χ4v) is 6.69. The van der Waals surface area contributed by atoms with Crippen LogP contribution in [0, 0.1) is 18.3 Å². The van der Waals surface area contributed by atoms with Gasteiger partial charge in [0.05, 0.1) is 18.2 Å². The molecule has 0 aliphatic carbocycles. The highest BCUT2D eigenvalue weighted by molar-refractivity contribution is 9.10. The van der Waals surface area contributed by atoms with E-state index in [1.165, 1.54) is 4.31 Å². The van der Waals surface area contributed by atoms with Crippen LogP contribution < -0.4 is 10.0 Å². The van der Waals surface area contributed by atoms with E-state index in [9.17, 15) is 13.7 Å². The molecule has 0 bridgehead atoms. The number of nitriles is 1. The number of anilines is 1. The largest absolute Gasteiger partial charge is 0.439 e. The first kappa shape index (κ1) is 22.3. The molecule has 2 aliphatic rings. The molecule has 0 spiro atoms. The minimum absolute atomic E-state index is 0.0159. The van der Waals surface area contributed by atoms with Gasteiger partial charge in [-0.15, -0.1) is 0 Å². The van der Waals surface area contributed by atoms with E-state index in [-0.39, 0.29) is 28.7 Å². The van der Waals surface area contributed by atoms with Gasteiger partial charge in [0.15, 0.2) is 5.76 Å². The summed E-state index contributed by atoms with van der Waals surface area (Å²) in [6, 6.07) is 24.2. The Balaban J connectivity index is 1.76. The number of halogens is 1. The van der Waals surface area contributed by atoms with Crippen molar-refractivity contribution in [1.29, 1.82) is 5.26 Å². The second kappa shape index (κ2) is 8.35. The second-order valence-corrected chi connectivity index (χ2v) is 10.9. The highest BCUT2D eigenvalue weighted by Gasteiger charge is 2.47. The Kier molecular flexibility index (Phi) is 5.47. The van der Waals surface area contributed by atoms with Gasteiger partial charge < -0.3 is 10.5 Å². The minimum atomic E-state index is -4.09. The van der Waals surface area contributed by atoms with Crippen molar-refractivity contribution < 1.29 is 13.2 Å². The van der Waals surface area contributed by atoms with Crippen LogP contribution in [-0.4, -0.2) is 8.42 Å². The van der Waals surface area contributed by atoms with Crippen LogP contribution in [0.15, 0.2) is 93.6 Å². The van der Waals surface area contributed by atoms with Crippen LogP contribution in [-0.2, 0) is 21.3 Å². The molecule has 1 unspecified atom stereocenters. The van der Waals surface area contributed by atoms with Crippen LogP contribution in [0.25, 0.3) is 5.76 Å². The molecule has 3 aromatic rings. The average Bonchev–Trinajstić information content (AvgIpc) is 2.82. The number of ether oxygens (including phenoxy) is 1. The Labute approximate surface area is 206 Å². The number of fused-ring (bicyclic) bond motifs is 2. The van der Waals surface area contributed by atoms with Crippen molar-refractivity contribution in [2.24, 2.45) is 5.73 Å². The van der Waals surface area contributed by atoms with Gasteiger partial charge in [-0.2, -0.15) is 5.26 Å². The van der Waals surface area contributed by atoms with Crippen molar-refractivity contribution in [1.82, 2.24) is 0 Å². The van der Waals surface area contributed by atoms with Gasteiger partial charge >= 0.3 is 0 Å². The summed E-state index contributed by atoms with van der Waals surface area (Å²) in [5.41, 5.74) is 9.90. The number of allylic oxidation sites excluding steroid dienone is 2. The van der Waals surface area contributed by atoms with Crippen LogP contribution in [0.1, 0.15) is 28.2 Å². The lowest BCUT2D eigenvalue weighted by molar-refractivity contribution is 0.357. The van der Waals surface area contributed by atoms with Crippen LogP contribution in [0.3, 0.4) is 0 Å². The Morgan fingerprint density at radius 1 is 1.09 bits per heavy atom. The maximum atomic E-state index is 14.2. The number of sulfonamides is 1. The van der Waals surface area contributed by atoms with Gasteiger partial charge in [0.1, 0.15) is 16.5 Å². The summed E-state index contributed by atoms with van der Waals surface area (Å²) in [5.74, 6) is -0.828. The molecule has 6 nitrogen and oxygen atoms in total. The number of hydrogen-bond donors (Lipinski definition) is 1. The van der Waals surface area contributed by atoms with E-state index in [2.05, 4.69) is 22.0 Å². The number of para-hydroxylation sites is 1. The summed E-state index contributed by atoms with van der Waals surface area (Å²) in [6.07, 6.45) is 0. The highest BCUT2D eigenvalue weighted by Crippen LogP contribution is 2.51. The van der Waals surface area contributed by atoms with Crippen molar-refractivity contribution in [2.75, 3.05) is 4.31 Å². The summed E-state index contributed by atoms with van der Waals surface area (Å²) in [6.45, 7) is 2.12. The van der Waals surface area contributed by atoms with Gasteiger partial charge in [-0.25, -0.2) is 8.42 Å². The van der Waals surface area contributed by atoms with Gasteiger partial charge in [0.25, 0.3) is 10.0 Å². The summed E-state index contributed by atoms with van der Waals surface area (Å²) in [4.78, 5) is 0.0159. The smallest absolute Gasteiger partial charge is 0.265 e. The molecular weight excluding hydrogens is 514 g/mol. The van der Waals surface area contributed by atoms with Crippen LogP contribution in [0.2, 0.25) is 0 Å². The predicted octanol–water partition coefficient (Wildman–Crippen LogP) is 5.28. The summed E-state index contributed by atoms with van der Waals surface area (Å²) >= 11 is 3.45. The first-order chi connectivity index (χ1) is 16.3. The molecule has 170 valence electrons. The molecule has 2 N–H and O–H groups in total. The Morgan fingerprint density at radius 2 is 1.82 bits per heavy atom. The quantitative estimate of drug-likeness (QED) is 0.493. The van der Waals surface area contributed by atoms with E-state index in [1.54, 1.807) is 30.3 Å². The fourth-order valence-electron chi connectivity index (χ4n) is 4.36. The lowest BCUT2D eigenvalue weighted by Crippen LogP contribution is -2.39. The molecule has 2 heterocycles. The first-order valence-electron chi connectivity index (χ1n) is 10.6. The van der Waals surface area contributed by atoms with E-state index in [1.807, 2.05) is 49.4 Å². The molecule has 5 rings (SSSR count). The predicted molar refractivity (Wildman–Crippen MR) is 134 cm³/mol. The zero-order valence-electron chi connectivity index (χ0n) is 18.2.